The molecule has 0 saturated carbocycles. The van der Waals surface area contributed by atoms with Gasteiger partial charge in [0, 0.05) is 0 Å². The van der Waals surface area contributed by atoms with Crippen molar-refractivity contribution in [2.45, 2.75) is 45.4 Å². The molecule has 2 atom stereocenters. The van der Waals surface area contributed by atoms with Gasteiger partial charge in [0.05, 0.1) is 6.61 Å². The number of rotatable bonds is 10. The third-order valence-electron chi connectivity index (χ3n) is 4.16. The highest BCUT2D eigenvalue weighted by Crippen LogP contribution is 2.08. The van der Waals surface area contributed by atoms with Gasteiger partial charge in [0.1, 0.15) is 18.7 Å². The van der Waals surface area contributed by atoms with Crippen molar-refractivity contribution < 1.29 is 19.1 Å². The molecule has 5 heteroatoms. The van der Waals surface area contributed by atoms with E-state index in [2.05, 4.69) is 5.32 Å². The third kappa shape index (κ3) is 7.23. The van der Waals surface area contributed by atoms with E-state index in [0.29, 0.717) is 19.4 Å². The van der Waals surface area contributed by atoms with Gasteiger partial charge in [-0.3, -0.25) is 14.9 Å². The summed E-state index contributed by atoms with van der Waals surface area (Å²) in [6.07, 6.45) is 1.25. The largest absolute Gasteiger partial charge is 0.465 e. The Morgan fingerprint density at radius 3 is 2.07 bits per heavy atom. The first-order chi connectivity index (χ1) is 13.1. The van der Waals surface area contributed by atoms with Crippen LogP contribution in [0.1, 0.15) is 31.4 Å². The molecular weight excluding hydrogens is 342 g/mol. The second-order valence-electron chi connectivity index (χ2n) is 6.31. The average Bonchev–Trinajstić information content (AvgIpc) is 2.70. The molecule has 27 heavy (non-hydrogen) atoms. The molecule has 1 unspecified atom stereocenters. The maximum absolute atomic E-state index is 12.3. The van der Waals surface area contributed by atoms with Crippen molar-refractivity contribution in [3.8, 4) is 0 Å². The SMILES string of the molecule is CCOC(=O)C(CCc1ccccc1)N[C@@H](C)C(=O)OCc1ccccc1. The van der Waals surface area contributed by atoms with Crippen LogP contribution in [0.15, 0.2) is 60.7 Å². The summed E-state index contributed by atoms with van der Waals surface area (Å²) in [4.78, 5) is 24.5. The zero-order chi connectivity index (χ0) is 19.5. The average molecular weight is 369 g/mol. The molecule has 0 heterocycles. The number of hydrogen-bond acceptors (Lipinski definition) is 5. The standard InChI is InChI=1S/C22H27NO4/c1-3-26-22(25)20(15-14-18-10-6-4-7-11-18)23-17(2)21(24)27-16-19-12-8-5-9-13-19/h4-13,17,20,23H,3,14-16H2,1-2H3/t17-,20?/m0/s1. The van der Waals surface area contributed by atoms with E-state index in [9.17, 15) is 9.59 Å². The van der Waals surface area contributed by atoms with Gasteiger partial charge in [-0.25, -0.2) is 0 Å². The molecule has 0 spiro atoms. The van der Waals surface area contributed by atoms with Crippen molar-refractivity contribution in [2.24, 2.45) is 0 Å². The Bertz CT molecular complexity index is 703. The van der Waals surface area contributed by atoms with E-state index in [1.54, 1.807) is 13.8 Å². The maximum atomic E-state index is 12.3. The summed E-state index contributed by atoms with van der Waals surface area (Å²) < 4.78 is 10.5. The van der Waals surface area contributed by atoms with Crippen molar-refractivity contribution >= 4 is 11.9 Å². The Hall–Kier alpha value is -2.66. The van der Waals surface area contributed by atoms with Crippen LogP contribution in [-0.2, 0) is 32.1 Å². The summed E-state index contributed by atoms with van der Waals surface area (Å²) in [5, 5.41) is 3.06. The van der Waals surface area contributed by atoms with Gasteiger partial charge in [-0.2, -0.15) is 0 Å². The Kier molecular flexibility index (Phi) is 8.52. The van der Waals surface area contributed by atoms with Crippen molar-refractivity contribution in [2.75, 3.05) is 6.61 Å². The number of benzene rings is 2. The minimum Gasteiger partial charge on any atom is -0.465 e. The van der Waals surface area contributed by atoms with Crippen molar-refractivity contribution in [3.05, 3.63) is 71.8 Å². The predicted octanol–water partition coefficient (Wildman–Crippen LogP) is 3.27. The first-order valence-electron chi connectivity index (χ1n) is 9.27. The second kappa shape index (κ2) is 11.1. The molecule has 0 amide bonds. The zero-order valence-electron chi connectivity index (χ0n) is 15.9. The second-order valence-corrected chi connectivity index (χ2v) is 6.31. The first-order valence-corrected chi connectivity index (χ1v) is 9.27. The van der Waals surface area contributed by atoms with Crippen LogP contribution in [0.3, 0.4) is 0 Å². The topological polar surface area (TPSA) is 64.6 Å². The summed E-state index contributed by atoms with van der Waals surface area (Å²) >= 11 is 0. The fraction of sp³-hybridized carbons (Fsp3) is 0.364. The van der Waals surface area contributed by atoms with Crippen LogP contribution in [0, 0.1) is 0 Å². The number of carbonyl (C=O) groups is 2. The normalized spacial score (nSPS) is 12.8. The molecule has 0 aromatic heterocycles. The van der Waals surface area contributed by atoms with E-state index in [4.69, 9.17) is 9.47 Å². The molecule has 0 aliphatic rings. The number of esters is 2. The molecule has 0 fully saturated rings. The molecule has 0 bridgehead atoms. The smallest absolute Gasteiger partial charge is 0.323 e. The van der Waals surface area contributed by atoms with Crippen LogP contribution < -0.4 is 5.32 Å². The Labute approximate surface area is 160 Å². The monoisotopic (exact) mass is 369 g/mol. The number of carbonyl (C=O) groups excluding carboxylic acids is 2. The van der Waals surface area contributed by atoms with Crippen LogP contribution in [0.25, 0.3) is 0 Å². The molecule has 2 aromatic rings. The van der Waals surface area contributed by atoms with Crippen molar-refractivity contribution in [3.63, 3.8) is 0 Å². The summed E-state index contributed by atoms with van der Waals surface area (Å²) in [6, 6.07) is 18.2. The van der Waals surface area contributed by atoms with Crippen LogP contribution in [-0.4, -0.2) is 30.6 Å². The van der Waals surface area contributed by atoms with Gasteiger partial charge in [-0.1, -0.05) is 60.7 Å². The Morgan fingerprint density at radius 2 is 1.48 bits per heavy atom. The molecule has 0 radical (unpaired) electrons. The molecule has 2 rings (SSSR count). The van der Waals surface area contributed by atoms with E-state index in [1.807, 2.05) is 60.7 Å². The van der Waals surface area contributed by atoms with Gasteiger partial charge in [0.2, 0.25) is 0 Å². The van der Waals surface area contributed by atoms with Gasteiger partial charge in [-0.15, -0.1) is 0 Å². The number of aryl methyl sites for hydroxylation is 1. The third-order valence-corrected chi connectivity index (χ3v) is 4.16. The highest BCUT2D eigenvalue weighted by atomic mass is 16.5. The lowest BCUT2D eigenvalue weighted by molar-refractivity contribution is -0.149. The van der Waals surface area contributed by atoms with Crippen LogP contribution in [0.2, 0.25) is 0 Å². The fourth-order valence-electron chi connectivity index (χ4n) is 2.69. The minimum absolute atomic E-state index is 0.208. The first kappa shape index (κ1) is 20.6. The Morgan fingerprint density at radius 1 is 0.889 bits per heavy atom. The molecule has 0 saturated heterocycles. The highest BCUT2D eigenvalue weighted by Gasteiger charge is 2.25. The van der Waals surface area contributed by atoms with E-state index in [-0.39, 0.29) is 12.6 Å². The molecular formula is C22H27NO4. The lowest BCUT2D eigenvalue weighted by atomic mass is 10.0. The fourth-order valence-corrected chi connectivity index (χ4v) is 2.69. The summed E-state index contributed by atoms with van der Waals surface area (Å²) in [7, 11) is 0. The van der Waals surface area contributed by atoms with Gasteiger partial charge < -0.3 is 9.47 Å². The molecule has 0 aliphatic carbocycles. The van der Waals surface area contributed by atoms with Crippen molar-refractivity contribution in [1.29, 1.82) is 0 Å². The minimum atomic E-state index is -0.612. The quantitative estimate of drug-likeness (QED) is 0.651. The number of hydrogen-bond donors (Lipinski definition) is 1. The van der Waals surface area contributed by atoms with Crippen molar-refractivity contribution in [1.82, 2.24) is 5.32 Å². The molecule has 144 valence electrons. The predicted molar refractivity (Wildman–Crippen MR) is 104 cm³/mol. The van der Waals surface area contributed by atoms with Gasteiger partial charge in [-0.05, 0) is 37.8 Å². The van der Waals surface area contributed by atoms with Crippen LogP contribution in [0.4, 0.5) is 0 Å². The molecule has 1 N–H and O–H groups in total. The summed E-state index contributed by atoms with van der Waals surface area (Å²) in [6.45, 7) is 3.97. The van der Waals surface area contributed by atoms with Crippen LogP contribution in [0.5, 0.6) is 0 Å². The molecule has 0 aliphatic heterocycles. The lowest BCUT2D eigenvalue weighted by Gasteiger charge is -2.21. The van der Waals surface area contributed by atoms with E-state index < -0.39 is 18.1 Å². The Balaban J connectivity index is 1.89. The zero-order valence-corrected chi connectivity index (χ0v) is 15.9. The summed E-state index contributed by atoms with van der Waals surface area (Å²) in [5.74, 6) is -0.746. The lowest BCUT2D eigenvalue weighted by Crippen LogP contribution is -2.47. The summed E-state index contributed by atoms with van der Waals surface area (Å²) in [5.41, 5.74) is 2.05. The van der Waals surface area contributed by atoms with E-state index in [1.165, 1.54) is 0 Å². The molecule has 2 aromatic carbocycles. The van der Waals surface area contributed by atoms with Gasteiger partial charge >= 0.3 is 11.9 Å². The molecule has 5 nitrogen and oxygen atoms in total. The van der Waals surface area contributed by atoms with Crippen LogP contribution >= 0.6 is 0 Å². The number of nitrogens with one attached hydrogen (secondary N) is 1. The maximum Gasteiger partial charge on any atom is 0.323 e. The number of ether oxygens (including phenoxy) is 2. The van der Waals surface area contributed by atoms with Gasteiger partial charge in [0.15, 0.2) is 0 Å². The van der Waals surface area contributed by atoms with E-state index in [0.717, 1.165) is 11.1 Å². The highest BCUT2D eigenvalue weighted by molar-refractivity contribution is 5.79. The van der Waals surface area contributed by atoms with E-state index >= 15 is 0 Å². The van der Waals surface area contributed by atoms with Gasteiger partial charge in [0.25, 0.3) is 0 Å².